The minimum Gasteiger partial charge on any atom is -0.491 e. The summed E-state index contributed by atoms with van der Waals surface area (Å²) in [5, 5.41) is 0. The number of hydrogen-bond acceptors (Lipinski definition) is 8. The van der Waals surface area contributed by atoms with Crippen molar-refractivity contribution in [3.8, 4) is 22.6 Å². The first-order valence-corrected chi connectivity index (χ1v) is 15.0. The summed E-state index contributed by atoms with van der Waals surface area (Å²) in [4.78, 5) is 36.3. The number of benzene rings is 3. The molecule has 0 fully saturated rings. The number of esters is 3. The van der Waals surface area contributed by atoms with Crippen LogP contribution in [0.2, 0.25) is 0 Å². The van der Waals surface area contributed by atoms with Gasteiger partial charge in [0.25, 0.3) is 0 Å². The maximum Gasteiger partial charge on any atom is 0.343 e. The Labute approximate surface area is 259 Å². The van der Waals surface area contributed by atoms with E-state index in [0.717, 1.165) is 29.5 Å². The van der Waals surface area contributed by atoms with Crippen LogP contribution in [0.1, 0.15) is 62.9 Å². The molecule has 0 aliphatic rings. The Kier molecular flexibility index (Phi) is 13.6. The van der Waals surface area contributed by atoms with Crippen molar-refractivity contribution in [1.29, 1.82) is 0 Å². The fraction of sp³-hybridized carbons (Fsp3) is 0.361. The molecular weight excluding hydrogens is 560 g/mol. The molecule has 0 saturated heterocycles. The lowest BCUT2D eigenvalue weighted by molar-refractivity contribution is -0.155. The third-order valence-electron chi connectivity index (χ3n) is 6.95. The SMILES string of the molecule is CCCCOC(=O)/C=C/c1ccc(-c2ccc(OC(=O)c3ccc(OCCOCCOC(=O)C(C)(C)CC)cc3)cc2)cc1. The number of rotatable bonds is 17. The van der Waals surface area contributed by atoms with Gasteiger partial charge >= 0.3 is 17.9 Å². The topological polar surface area (TPSA) is 97.4 Å². The van der Waals surface area contributed by atoms with Gasteiger partial charge in [0.05, 0.1) is 30.8 Å². The highest BCUT2D eigenvalue weighted by atomic mass is 16.6. The molecule has 0 saturated carbocycles. The number of carbonyl (C=O) groups is 3. The van der Waals surface area contributed by atoms with Gasteiger partial charge in [0.2, 0.25) is 0 Å². The maximum atomic E-state index is 12.6. The highest BCUT2D eigenvalue weighted by Gasteiger charge is 2.26. The van der Waals surface area contributed by atoms with Crippen molar-refractivity contribution in [2.45, 2.75) is 47.0 Å². The van der Waals surface area contributed by atoms with Crippen molar-refractivity contribution < 1.29 is 38.1 Å². The van der Waals surface area contributed by atoms with Crippen LogP contribution in [-0.4, -0.2) is 50.9 Å². The average Bonchev–Trinajstić information content (AvgIpc) is 3.04. The molecular formula is C36H42O8. The van der Waals surface area contributed by atoms with Gasteiger partial charge in [-0.15, -0.1) is 0 Å². The summed E-state index contributed by atoms with van der Waals surface area (Å²) in [7, 11) is 0. The van der Waals surface area contributed by atoms with Gasteiger partial charge in [0.15, 0.2) is 0 Å². The molecule has 3 rings (SSSR count). The second-order valence-electron chi connectivity index (χ2n) is 10.7. The molecule has 0 unspecified atom stereocenters. The summed E-state index contributed by atoms with van der Waals surface area (Å²) in [5.74, 6) is -0.0212. The molecule has 0 aliphatic carbocycles. The third-order valence-corrected chi connectivity index (χ3v) is 6.95. The van der Waals surface area contributed by atoms with Crippen molar-refractivity contribution in [3.05, 3.63) is 90.0 Å². The second kappa shape index (κ2) is 17.6. The predicted octanol–water partition coefficient (Wildman–Crippen LogP) is 7.30. The molecule has 0 aromatic heterocycles. The molecule has 8 heteroatoms. The van der Waals surface area contributed by atoms with Crippen molar-refractivity contribution in [2.75, 3.05) is 33.0 Å². The van der Waals surface area contributed by atoms with Crippen LogP contribution in [-0.2, 0) is 23.8 Å². The molecule has 0 amide bonds. The minimum atomic E-state index is -0.493. The average molecular weight is 603 g/mol. The first kappa shape index (κ1) is 34.1. The van der Waals surface area contributed by atoms with E-state index in [2.05, 4.69) is 0 Å². The Morgan fingerprint density at radius 1 is 0.705 bits per heavy atom. The van der Waals surface area contributed by atoms with E-state index in [4.69, 9.17) is 23.7 Å². The molecule has 0 atom stereocenters. The predicted molar refractivity (Wildman–Crippen MR) is 170 cm³/mol. The fourth-order valence-electron chi connectivity index (χ4n) is 3.74. The molecule has 3 aromatic rings. The lowest BCUT2D eigenvalue weighted by Gasteiger charge is -2.20. The summed E-state index contributed by atoms with van der Waals surface area (Å²) in [6.45, 7) is 9.29. The Morgan fingerprint density at radius 2 is 1.32 bits per heavy atom. The Hall–Kier alpha value is -4.43. The first-order valence-electron chi connectivity index (χ1n) is 15.0. The molecule has 234 valence electrons. The van der Waals surface area contributed by atoms with Gasteiger partial charge in [-0.25, -0.2) is 9.59 Å². The monoisotopic (exact) mass is 602 g/mol. The molecule has 0 bridgehead atoms. The summed E-state index contributed by atoms with van der Waals surface area (Å²) >= 11 is 0. The van der Waals surface area contributed by atoms with Crippen LogP contribution in [0.25, 0.3) is 17.2 Å². The maximum absolute atomic E-state index is 12.6. The summed E-state index contributed by atoms with van der Waals surface area (Å²) in [6.07, 6.45) is 5.71. The minimum absolute atomic E-state index is 0.201. The lowest BCUT2D eigenvalue weighted by atomic mass is 9.91. The number of unbranched alkanes of at least 4 members (excludes halogenated alkanes) is 1. The van der Waals surface area contributed by atoms with Gasteiger partial charge in [-0.1, -0.05) is 56.7 Å². The van der Waals surface area contributed by atoms with Crippen LogP contribution < -0.4 is 9.47 Å². The molecule has 0 aliphatic heterocycles. The van der Waals surface area contributed by atoms with Gasteiger partial charge < -0.3 is 23.7 Å². The lowest BCUT2D eigenvalue weighted by Crippen LogP contribution is -2.27. The molecule has 0 spiro atoms. The Morgan fingerprint density at radius 3 is 1.95 bits per heavy atom. The summed E-state index contributed by atoms with van der Waals surface area (Å²) in [5.41, 5.74) is 2.75. The quantitative estimate of drug-likeness (QED) is 0.0687. The smallest absolute Gasteiger partial charge is 0.343 e. The van der Waals surface area contributed by atoms with E-state index in [1.54, 1.807) is 42.5 Å². The summed E-state index contributed by atoms with van der Waals surface area (Å²) in [6, 6.07) is 21.7. The summed E-state index contributed by atoms with van der Waals surface area (Å²) < 4.78 is 27.0. The van der Waals surface area contributed by atoms with Crippen LogP contribution in [0, 0.1) is 5.41 Å². The number of hydrogen-bond donors (Lipinski definition) is 0. The third kappa shape index (κ3) is 11.3. The van der Waals surface area contributed by atoms with Crippen LogP contribution >= 0.6 is 0 Å². The van der Waals surface area contributed by atoms with Crippen LogP contribution in [0.3, 0.4) is 0 Å². The second-order valence-corrected chi connectivity index (χ2v) is 10.7. The van der Waals surface area contributed by atoms with E-state index in [1.165, 1.54) is 6.08 Å². The highest BCUT2D eigenvalue weighted by Crippen LogP contribution is 2.24. The van der Waals surface area contributed by atoms with E-state index >= 15 is 0 Å². The standard InChI is InChI=1S/C36H42O8/c1-5-7-22-42-33(37)21-10-27-8-11-28(12-9-27)29-13-19-32(20-14-29)44-34(38)30-15-17-31(18-16-30)41-25-23-40-24-26-43-35(39)36(3,4)6-2/h8-21H,5-7,22-26H2,1-4H3/b21-10+. The van der Waals surface area contributed by atoms with Crippen LogP contribution in [0.4, 0.5) is 0 Å². The zero-order valence-electron chi connectivity index (χ0n) is 26.0. The fourth-order valence-corrected chi connectivity index (χ4v) is 3.74. The zero-order chi connectivity index (χ0) is 31.8. The van der Waals surface area contributed by atoms with Crippen molar-refractivity contribution in [1.82, 2.24) is 0 Å². The van der Waals surface area contributed by atoms with Crippen LogP contribution in [0.5, 0.6) is 11.5 Å². The van der Waals surface area contributed by atoms with E-state index in [-0.39, 0.29) is 18.5 Å². The van der Waals surface area contributed by atoms with E-state index < -0.39 is 11.4 Å². The number of carbonyl (C=O) groups excluding carboxylic acids is 3. The van der Waals surface area contributed by atoms with Crippen molar-refractivity contribution in [3.63, 3.8) is 0 Å². The van der Waals surface area contributed by atoms with Gasteiger partial charge in [-0.3, -0.25) is 4.79 Å². The largest absolute Gasteiger partial charge is 0.491 e. The molecule has 3 aromatic carbocycles. The first-order chi connectivity index (χ1) is 21.2. The molecule has 0 N–H and O–H groups in total. The molecule has 0 heterocycles. The van der Waals surface area contributed by atoms with Gasteiger partial charge in [0.1, 0.15) is 24.7 Å². The van der Waals surface area contributed by atoms with E-state index in [1.807, 2.05) is 64.1 Å². The van der Waals surface area contributed by atoms with Crippen molar-refractivity contribution >= 4 is 24.0 Å². The van der Waals surface area contributed by atoms with E-state index in [0.29, 0.717) is 49.9 Å². The Bertz CT molecular complexity index is 1360. The molecule has 44 heavy (non-hydrogen) atoms. The van der Waals surface area contributed by atoms with Gasteiger partial charge in [-0.05, 0) is 85.9 Å². The highest BCUT2D eigenvalue weighted by molar-refractivity contribution is 5.91. The number of ether oxygens (including phenoxy) is 5. The van der Waals surface area contributed by atoms with E-state index in [9.17, 15) is 14.4 Å². The van der Waals surface area contributed by atoms with Gasteiger partial charge in [0, 0.05) is 6.08 Å². The molecule has 0 radical (unpaired) electrons. The Balaban J connectivity index is 1.39. The van der Waals surface area contributed by atoms with Crippen LogP contribution in [0.15, 0.2) is 78.9 Å². The van der Waals surface area contributed by atoms with Gasteiger partial charge in [-0.2, -0.15) is 0 Å². The molecule has 8 nitrogen and oxygen atoms in total. The van der Waals surface area contributed by atoms with Crippen molar-refractivity contribution in [2.24, 2.45) is 5.41 Å². The zero-order valence-corrected chi connectivity index (χ0v) is 26.0. The normalized spacial score (nSPS) is 11.3.